The summed E-state index contributed by atoms with van der Waals surface area (Å²) in [5, 5.41) is 0. The Labute approximate surface area is 152 Å². The Balaban J connectivity index is 2.43. The van der Waals surface area contributed by atoms with Crippen LogP contribution in [0, 0.1) is 13.8 Å². The highest BCUT2D eigenvalue weighted by molar-refractivity contribution is 5.86. The fourth-order valence-corrected chi connectivity index (χ4v) is 4.27. The molecule has 1 aliphatic rings. The second kappa shape index (κ2) is 6.29. The fourth-order valence-electron chi connectivity index (χ4n) is 4.27. The molecule has 1 heteroatoms. The molecule has 3 rings (SSSR count). The maximum absolute atomic E-state index is 4.56. The van der Waals surface area contributed by atoms with Crippen LogP contribution in [0.1, 0.15) is 62.8 Å². The van der Waals surface area contributed by atoms with E-state index in [4.69, 9.17) is 0 Å². The van der Waals surface area contributed by atoms with Crippen molar-refractivity contribution in [1.29, 1.82) is 0 Å². The second-order valence-corrected chi connectivity index (χ2v) is 7.29. The minimum absolute atomic E-state index is 0.0298. The van der Waals surface area contributed by atoms with Crippen molar-refractivity contribution in [3.05, 3.63) is 65.4 Å². The van der Waals surface area contributed by atoms with Crippen LogP contribution >= 0.6 is 0 Å². The number of allylic oxidation sites excluding steroid dienone is 3. The summed E-state index contributed by atoms with van der Waals surface area (Å²) in [6.07, 6.45) is 6.56. The second-order valence-electron chi connectivity index (χ2n) is 7.29. The lowest BCUT2D eigenvalue weighted by atomic mass is 9.74. The summed E-state index contributed by atoms with van der Waals surface area (Å²) in [6, 6.07) is 9.13. The Hall–Kier alpha value is -2.15. The van der Waals surface area contributed by atoms with Crippen molar-refractivity contribution in [2.75, 3.05) is 0 Å². The monoisotopic (exact) mass is 332 g/mol. The van der Waals surface area contributed by atoms with E-state index in [2.05, 4.69) is 89.2 Å². The van der Waals surface area contributed by atoms with E-state index in [0.717, 1.165) is 12.8 Å². The quantitative estimate of drug-likeness (QED) is 0.587. The number of rotatable bonds is 3. The zero-order chi connectivity index (χ0) is 18.4. The third-order valence-corrected chi connectivity index (χ3v) is 6.34. The van der Waals surface area contributed by atoms with Gasteiger partial charge in [-0.3, -0.25) is 0 Å². The normalized spacial score (nSPS) is 15.8. The van der Waals surface area contributed by atoms with Crippen molar-refractivity contribution < 1.29 is 4.57 Å². The van der Waals surface area contributed by atoms with Crippen molar-refractivity contribution in [3.8, 4) is 11.3 Å². The number of aryl methyl sites for hydroxylation is 1. The van der Waals surface area contributed by atoms with Crippen LogP contribution in [0.4, 0.5) is 0 Å². The van der Waals surface area contributed by atoms with Crippen LogP contribution in [0.2, 0.25) is 0 Å². The Kier molecular flexibility index (Phi) is 4.45. The fraction of sp³-hybridized carbons (Fsp3) is 0.375. The van der Waals surface area contributed by atoms with Gasteiger partial charge < -0.3 is 0 Å². The van der Waals surface area contributed by atoms with Gasteiger partial charge in [0.05, 0.1) is 5.56 Å². The van der Waals surface area contributed by atoms with E-state index in [1.165, 1.54) is 44.7 Å². The molecule has 25 heavy (non-hydrogen) atoms. The van der Waals surface area contributed by atoms with Gasteiger partial charge in [-0.2, -0.15) is 4.57 Å². The Bertz CT molecular complexity index is 879. The smallest absolute Gasteiger partial charge is 0.188 e. The van der Waals surface area contributed by atoms with Gasteiger partial charge in [0.25, 0.3) is 0 Å². The molecule has 0 radical (unpaired) electrons. The highest BCUT2D eigenvalue weighted by Crippen LogP contribution is 2.45. The minimum atomic E-state index is -0.0298. The van der Waals surface area contributed by atoms with E-state index in [1.807, 2.05) is 0 Å². The molecule has 1 aromatic heterocycles. The Morgan fingerprint density at radius 3 is 2.40 bits per heavy atom. The Morgan fingerprint density at radius 1 is 1.12 bits per heavy atom. The highest BCUT2D eigenvalue weighted by atomic mass is 15.1. The van der Waals surface area contributed by atoms with Crippen LogP contribution in [-0.4, -0.2) is 0 Å². The van der Waals surface area contributed by atoms with Crippen LogP contribution in [0.3, 0.4) is 0 Å². The van der Waals surface area contributed by atoms with Gasteiger partial charge in [-0.15, -0.1) is 0 Å². The van der Waals surface area contributed by atoms with Crippen LogP contribution in [0.15, 0.2) is 43.1 Å². The number of hydrogen-bond donors (Lipinski definition) is 0. The van der Waals surface area contributed by atoms with Crippen molar-refractivity contribution >= 4 is 11.1 Å². The summed E-state index contributed by atoms with van der Waals surface area (Å²) >= 11 is 0. The molecule has 2 heterocycles. The lowest BCUT2D eigenvalue weighted by Crippen LogP contribution is -2.59. The SMILES string of the molecule is C=C1c2ccc(C(C)=CC)cc2-c2c(C)c(C)cc[n+]2C1(CC)CC. The molecule has 0 N–H and O–H groups in total. The molecule has 2 aromatic rings. The molecule has 0 atom stereocenters. The average molecular weight is 333 g/mol. The number of hydrogen-bond acceptors (Lipinski definition) is 0. The average Bonchev–Trinajstić information content (AvgIpc) is 2.64. The molecule has 0 aliphatic carbocycles. The first-order chi connectivity index (χ1) is 11.9. The molecule has 0 fully saturated rings. The number of pyridine rings is 1. The molecule has 1 aliphatic heterocycles. The van der Waals surface area contributed by atoms with Gasteiger partial charge in [-0.1, -0.05) is 38.6 Å². The number of fused-ring (bicyclic) bond motifs is 3. The summed E-state index contributed by atoms with van der Waals surface area (Å²) in [5.74, 6) is 0. The van der Waals surface area contributed by atoms with Crippen molar-refractivity contribution in [2.24, 2.45) is 0 Å². The third kappa shape index (κ3) is 2.40. The first kappa shape index (κ1) is 17.7. The number of aromatic nitrogens is 1. The predicted molar refractivity (Wildman–Crippen MR) is 108 cm³/mol. The maximum Gasteiger partial charge on any atom is 0.217 e. The zero-order valence-corrected chi connectivity index (χ0v) is 16.5. The molecule has 0 saturated carbocycles. The molecule has 130 valence electrons. The molecule has 0 saturated heterocycles. The van der Waals surface area contributed by atoms with Gasteiger partial charge in [0.15, 0.2) is 11.7 Å². The maximum atomic E-state index is 4.56. The summed E-state index contributed by atoms with van der Waals surface area (Å²) < 4.78 is 2.49. The standard InChI is InChI=1S/C24H30N/c1-8-16(4)20-11-12-21-19(7)24(9-2,10-3)25-14-13-17(5)18(6)23(25)22(21)15-20/h8,11-15H,7,9-10H2,1-6H3/q+1. The topological polar surface area (TPSA) is 3.88 Å². The van der Waals surface area contributed by atoms with Crippen molar-refractivity contribution in [3.63, 3.8) is 0 Å². The molecule has 0 unspecified atom stereocenters. The van der Waals surface area contributed by atoms with Gasteiger partial charge >= 0.3 is 0 Å². The minimum Gasteiger partial charge on any atom is -0.188 e. The lowest BCUT2D eigenvalue weighted by Gasteiger charge is -2.35. The number of benzene rings is 1. The number of nitrogens with zero attached hydrogens (tertiary/aromatic N) is 1. The zero-order valence-electron chi connectivity index (χ0n) is 16.5. The summed E-state index contributed by atoms with van der Waals surface area (Å²) in [6.45, 7) is 17.9. The van der Waals surface area contributed by atoms with Crippen LogP contribution < -0.4 is 4.57 Å². The van der Waals surface area contributed by atoms with Gasteiger partial charge in [-0.05, 0) is 56.0 Å². The van der Waals surface area contributed by atoms with Gasteiger partial charge in [-0.25, -0.2) is 0 Å². The van der Waals surface area contributed by atoms with Crippen LogP contribution in [-0.2, 0) is 5.54 Å². The van der Waals surface area contributed by atoms with Crippen LogP contribution in [0.25, 0.3) is 22.4 Å². The summed E-state index contributed by atoms with van der Waals surface area (Å²) in [7, 11) is 0. The van der Waals surface area contributed by atoms with E-state index in [-0.39, 0.29) is 5.54 Å². The van der Waals surface area contributed by atoms with E-state index >= 15 is 0 Å². The largest absolute Gasteiger partial charge is 0.217 e. The molecular weight excluding hydrogens is 302 g/mol. The van der Waals surface area contributed by atoms with E-state index in [9.17, 15) is 0 Å². The first-order valence-corrected chi connectivity index (χ1v) is 9.41. The summed E-state index contributed by atoms with van der Waals surface area (Å²) in [5.41, 5.74) is 10.5. The lowest BCUT2D eigenvalue weighted by molar-refractivity contribution is -0.741. The van der Waals surface area contributed by atoms with Gasteiger partial charge in [0, 0.05) is 30.0 Å². The van der Waals surface area contributed by atoms with E-state index in [0.29, 0.717) is 0 Å². The van der Waals surface area contributed by atoms with E-state index in [1.54, 1.807) is 0 Å². The van der Waals surface area contributed by atoms with Gasteiger partial charge in [0.2, 0.25) is 5.69 Å². The molecule has 0 bridgehead atoms. The van der Waals surface area contributed by atoms with Gasteiger partial charge in [0.1, 0.15) is 0 Å². The van der Waals surface area contributed by atoms with Crippen molar-refractivity contribution in [1.82, 2.24) is 0 Å². The van der Waals surface area contributed by atoms with Crippen molar-refractivity contribution in [2.45, 2.75) is 59.9 Å². The Morgan fingerprint density at radius 2 is 1.80 bits per heavy atom. The first-order valence-electron chi connectivity index (χ1n) is 9.41. The molecule has 0 spiro atoms. The highest BCUT2D eigenvalue weighted by Gasteiger charge is 2.47. The summed E-state index contributed by atoms with van der Waals surface area (Å²) in [4.78, 5) is 0. The molecule has 1 nitrogen and oxygen atoms in total. The predicted octanol–water partition coefficient (Wildman–Crippen LogP) is 6.22. The molecule has 1 aromatic carbocycles. The molecular formula is C24H30N+. The van der Waals surface area contributed by atoms with E-state index < -0.39 is 0 Å². The molecule has 0 amide bonds. The third-order valence-electron chi connectivity index (χ3n) is 6.34. The van der Waals surface area contributed by atoms with Crippen LogP contribution in [0.5, 0.6) is 0 Å².